The number of likely N-dealkylation sites (N-methyl/N-ethyl adjacent to an activating group) is 1. The lowest BCUT2D eigenvalue weighted by atomic mass is 9.99. The molecule has 0 aliphatic heterocycles. The van der Waals surface area contributed by atoms with Crippen molar-refractivity contribution in [2.24, 2.45) is 5.73 Å². The minimum atomic E-state index is 0.394. The van der Waals surface area contributed by atoms with Crippen LogP contribution in [0, 0.1) is 0 Å². The third-order valence-corrected chi connectivity index (χ3v) is 2.46. The third-order valence-electron chi connectivity index (χ3n) is 2.46. The molecule has 2 N–H and O–H groups in total. The van der Waals surface area contributed by atoms with Gasteiger partial charge < -0.3 is 15.4 Å². The topological polar surface area (TPSA) is 38.5 Å². The molecule has 0 amide bonds. The Morgan fingerprint density at radius 2 is 1.87 bits per heavy atom. The summed E-state index contributed by atoms with van der Waals surface area (Å²) in [7, 11) is 5.80. The SMILES string of the molecule is COc1ccc(C(CN)CN(C)C)cc1. The predicted molar refractivity (Wildman–Crippen MR) is 63.3 cm³/mol. The smallest absolute Gasteiger partial charge is 0.118 e. The minimum Gasteiger partial charge on any atom is -0.497 e. The van der Waals surface area contributed by atoms with Crippen molar-refractivity contribution in [2.45, 2.75) is 5.92 Å². The number of nitrogens with zero attached hydrogens (tertiary/aromatic N) is 1. The fourth-order valence-corrected chi connectivity index (χ4v) is 1.63. The number of methoxy groups -OCH3 is 1. The largest absolute Gasteiger partial charge is 0.497 e. The fourth-order valence-electron chi connectivity index (χ4n) is 1.63. The first-order valence-electron chi connectivity index (χ1n) is 5.16. The first-order chi connectivity index (χ1) is 7.17. The summed E-state index contributed by atoms with van der Waals surface area (Å²) in [4.78, 5) is 2.15. The van der Waals surface area contributed by atoms with Crippen molar-refractivity contribution >= 4 is 0 Å². The lowest BCUT2D eigenvalue weighted by molar-refractivity contribution is 0.375. The maximum atomic E-state index is 5.77. The van der Waals surface area contributed by atoms with Gasteiger partial charge in [0, 0.05) is 19.0 Å². The Morgan fingerprint density at radius 1 is 1.27 bits per heavy atom. The molecule has 15 heavy (non-hydrogen) atoms. The molecule has 3 nitrogen and oxygen atoms in total. The van der Waals surface area contributed by atoms with Crippen molar-refractivity contribution < 1.29 is 4.74 Å². The Labute approximate surface area is 91.8 Å². The zero-order chi connectivity index (χ0) is 11.3. The van der Waals surface area contributed by atoms with E-state index in [1.807, 2.05) is 12.1 Å². The second-order valence-corrected chi connectivity index (χ2v) is 3.97. The minimum absolute atomic E-state index is 0.394. The molecule has 0 aliphatic carbocycles. The third kappa shape index (κ3) is 3.53. The van der Waals surface area contributed by atoms with E-state index in [4.69, 9.17) is 10.5 Å². The van der Waals surface area contributed by atoms with E-state index in [9.17, 15) is 0 Å². The molecule has 0 aliphatic rings. The molecule has 3 heteroatoms. The molecular weight excluding hydrogens is 188 g/mol. The Morgan fingerprint density at radius 3 is 2.27 bits per heavy atom. The van der Waals surface area contributed by atoms with Crippen LogP contribution in [0.15, 0.2) is 24.3 Å². The van der Waals surface area contributed by atoms with Crippen LogP contribution in [-0.4, -0.2) is 39.2 Å². The van der Waals surface area contributed by atoms with Crippen molar-refractivity contribution in [1.82, 2.24) is 4.90 Å². The molecule has 0 bridgehead atoms. The summed E-state index contributed by atoms with van der Waals surface area (Å²) >= 11 is 0. The van der Waals surface area contributed by atoms with Gasteiger partial charge in [-0.2, -0.15) is 0 Å². The van der Waals surface area contributed by atoms with E-state index in [0.29, 0.717) is 12.5 Å². The van der Waals surface area contributed by atoms with E-state index in [-0.39, 0.29) is 0 Å². The number of nitrogens with two attached hydrogens (primary N) is 1. The van der Waals surface area contributed by atoms with Gasteiger partial charge >= 0.3 is 0 Å². The summed E-state index contributed by atoms with van der Waals surface area (Å²) in [6, 6.07) is 8.13. The van der Waals surface area contributed by atoms with Gasteiger partial charge in [-0.25, -0.2) is 0 Å². The fraction of sp³-hybridized carbons (Fsp3) is 0.500. The second kappa shape index (κ2) is 5.73. The van der Waals surface area contributed by atoms with Gasteiger partial charge in [0.05, 0.1) is 7.11 Å². The van der Waals surface area contributed by atoms with Crippen LogP contribution in [0.2, 0.25) is 0 Å². The summed E-state index contributed by atoms with van der Waals surface area (Å²) in [6.45, 7) is 1.65. The standard InChI is InChI=1S/C12H20N2O/c1-14(2)9-11(8-13)10-4-6-12(15-3)7-5-10/h4-7,11H,8-9,13H2,1-3H3. The molecule has 84 valence electrons. The highest BCUT2D eigenvalue weighted by Crippen LogP contribution is 2.19. The summed E-state index contributed by atoms with van der Waals surface area (Å²) in [5.74, 6) is 1.28. The van der Waals surface area contributed by atoms with Gasteiger partial charge in [-0.1, -0.05) is 12.1 Å². The average molecular weight is 208 g/mol. The molecule has 1 unspecified atom stereocenters. The summed E-state index contributed by atoms with van der Waals surface area (Å²) < 4.78 is 5.12. The first kappa shape index (κ1) is 12.0. The summed E-state index contributed by atoms with van der Waals surface area (Å²) in [6.07, 6.45) is 0. The van der Waals surface area contributed by atoms with Crippen molar-refractivity contribution in [3.63, 3.8) is 0 Å². The highest BCUT2D eigenvalue weighted by Gasteiger charge is 2.10. The van der Waals surface area contributed by atoms with E-state index < -0.39 is 0 Å². The van der Waals surface area contributed by atoms with E-state index in [2.05, 4.69) is 31.1 Å². The van der Waals surface area contributed by atoms with Gasteiger partial charge in [-0.15, -0.1) is 0 Å². The average Bonchev–Trinajstić information content (AvgIpc) is 2.26. The van der Waals surface area contributed by atoms with Crippen LogP contribution in [0.5, 0.6) is 5.75 Å². The molecule has 1 aromatic carbocycles. The van der Waals surface area contributed by atoms with Crippen molar-refractivity contribution in [3.05, 3.63) is 29.8 Å². The predicted octanol–water partition coefficient (Wildman–Crippen LogP) is 1.30. The summed E-state index contributed by atoms with van der Waals surface area (Å²) in [5.41, 5.74) is 7.04. The normalized spacial score (nSPS) is 12.9. The van der Waals surface area contributed by atoms with Crippen LogP contribution in [-0.2, 0) is 0 Å². The van der Waals surface area contributed by atoms with Gasteiger partial charge in [-0.3, -0.25) is 0 Å². The van der Waals surface area contributed by atoms with Crippen LogP contribution < -0.4 is 10.5 Å². The first-order valence-corrected chi connectivity index (χ1v) is 5.16. The lowest BCUT2D eigenvalue weighted by Gasteiger charge is -2.19. The van der Waals surface area contributed by atoms with Gasteiger partial charge in [0.2, 0.25) is 0 Å². The van der Waals surface area contributed by atoms with Crippen LogP contribution in [0.4, 0.5) is 0 Å². The van der Waals surface area contributed by atoms with Gasteiger partial charge in [0.1, 0.15) is 5.75 Å². The molecule has 1 rings (SSSR count). The Kier molecular flexibility index (Phi) is 4.59. The Hall–Kier alpha value is -1.06. The van der Waals surface area contributed by atoms with Crippen molar-refractivity contribution in [3.8, 4) is 5.75 Å². The van der Waals surface area contributed by atoms with Crippen LogP contribution in [0.3, 0.4) is 0 Å². The van der Waals surface area contributed by atoms with Crippen LogP contribution in [0.1, 0.15) is 11.5 Å². The quantitative estimate of drug-likeness (QED) is 0.792. The van der Waals surface area contributed by atoms with E-state index in [1.165, 1.54) is 5.56 Å². The van der Waals surface area contributed by atoms with Crippen LogP contribution in [0.25, 0.3) is 0 Å². The molecule has 0 saturated heterocycles. The van der Waals surface area contributed by atoms with Crippen LogP contribution >= 0.6 is 0 Å². The number of hydrogen-bond donors (Lipinski definition) is 1. The molecule has 1 aromatic rings. The monoisotopic (exact) mass is 208 g/mol. The Balaban J connectivity index is 2.74. The summed E-state index contributed by atoms with van der Waals surface area (Å²) in [5, 5.41) is 0. The molecular formula is C12H20N2O. The van der Waals surface area contributed by atoms with Gasteiger partial charge in [0.25, 0.3) is 0 Å². The highest BCUT2D eigenvalue weighted by atomic mass is 16.5. The van der Waals surface area contributed by atoms with E-state index in [0.717, 1.165) is 12.3 Å². The van der Waals surface area contributed by atoms with Crippen molar-refractivity contribution in [1.29, 1.82) is 0 Å². The van der Waals surface area contributed by atoms with Gasteiger partial charge in [-0.05, 0) is 31.8 Å². The number of benzene rings is 1. The molecule has 0 heterocycles. The molecule has 0 spiro atoms. The molecule has 0 radical (unpaired) electrons. The number of hydrogen-bond acceptors (Lipinski definition) is 3. The highest BCUT2D eigenvalue weighted by molar-refractivity contribution is 5.29. The van der Waals surface area contributed by atoms with Crippen molar-refractivity contribution in [2.75, 3.05) is 34.3 Å². The number of rotatable bonds is 5. The molecule has 0 fully saturated rings. The zero-order valence-corrected chi connectivity index (χ0v) is 9.73. The van der Waals surface area contributed by atoms with Gasteiger partial charge in [0.15, 0.2) is 0 Å². The lowest BCUT2D eigenvalue weighted by Crippen LogP contribution is -2.25. The molecule has 0 saturated carbocycles. The molecule has 0 aromatic heterocycles. The second-order valence-electron chi connectivity index (χ2n) is 3.97. The molecule has 1 atom stereocenters. The van der Waals surface area contributed by atoms with E-state index >= 15 is 0 Å². The van der Waals surface area contributed by atoms with E-state index in [1.54, 1.807) is 7.11 Å². The zero-order valence-electron chi connectivity index (χ0n) is 9.73. The number of ether oxygens (including phenoxy) is 1. The Bertz CT molecular complexity index is 282. The maximum absolute atomic E-state index is 5.77. The maximum Gasteiger partial charge on any atom is 0.118 e.